The molecule has 1 unspecified atom stereocenters. The molecular weight excluding hydrogens is 162 g/mol. The van der Waals surface area contributed by atoms with E-state index in [1.165, 1.54) is 38.6 Å². The summed E-state index contributed by atoms with van der Waals surface area (Å²) in [5, 5.41) is 9.48. The highest BCUT2D eigenvalue weighted by atomic mass is 16.3. The van der Waals surface area contributed by atoms with Crippen molar-refractivity contribution in [3.8, 4) is 0 Å². The summed E-state index contributed by atoms with van der Waals surface area (Å²) in [6.07, 6.45) is 6.33. The number of hydrogen-bond acceptors (Lipinski definition) is 2. The van der Waals surface area contributed by atoms with Crippen LogP contribution in [0.25, 0.3) is 0 Å². The van der Waals surface area contributed by atoms with Gasteiger partial charge in [-0.1, -0.05) is 11.1 Å². The first-order chi connectivity index (χ1) is 6.34. The minimum absolute atomic E-state index is 0.172. The van der Waals surface area contributed by atoms with E-state index in [4.69, 9.17) is 0 Å². The second-order valence-electron chi connectivity index (χ2n) is 4.79. The smallest absolute Gasteiger partial charge is 0.0618 e. The van der Waals surface area contributed by atoms with Crippen LogP contribution in [0.3, 0.4) is 0 Å². The van der Waals surface area contributed by atoms with Crippen molar-refractivity contribution >= 4 is 0 Å². The Hall–Kier alpha value is -0.340. The fraction of sp³-hybridized carbons (Fsp3) is 0.818. The van der Waals surface area contributed by atoms with Gasteiger partial charge in [-0.25, -0.2) is 0 Å². The maximum absolute atomic E-state index is 9.48. The average molecular weight is 179 g/mol. The molecule has 2 heteroatoms. The first-order valence-corrected chi connectivity index (χ1v) is 5.40. The molecule has 0 aromatic rings. The minimum Gasteiger partial charge on any atom is -0.394 e. The number of aliphatic hydroxyl groups excluding tert-OH is 1. The van der Waals surface area contributed by atoms with Crippen LogP contribution in [0, 0.1) is 0 Å². The maximum Gasteiger partial charge on any atom is 0.0618 e. The Balaban J connectivity index is 1.89. The van der Waals surface area contributed by atoms with E-state index in [0.29, 0.717) is 6.61 Å². The van der Waals surface area contributed by atoms with Gasteiger partial charge in [-0.3, -0.25) is 4.90 Å². The lowest BCUT2D eigenvalue weighted by molar-refractivity contribution is 0.1000. The van der Waals surface area contributed by atoms with Gasteiger partial charge in [0.1, 0.15) is 0 Å². The molecule has 0 spiro atoms. The molecular formula is C11H17NO. The van der Waals surface area contributed by atoms with Crippen molar-refractivity contribution in [1.82, 2.24) is 4.90 Å². The number of fused-ring (bicyclic) bond motifs is 1. The summed E-state index contributed by atoms with van der Waals surface area (Å²) in [4.78, 5) is 2.51. The van der Waals surface area contributed by atoms with E-state index in [1.807, 2.05) is 0 Å². The van der Waals surface area contributed by atoms with E-state index >= 15 is 0 Å². The number of aliphatic hydroxyl groups is 1. The molecule has 0 amide bonds. The summed E-state index contributed by atoms with van der Waals surface area (Å²) in [7, 11) is 0. The molecule has 1 saturated carbocycles. The molecule has 1 atom stereocenters. The van der Waals surface area contributed by atoms with Gasteiger partial charge in [-0.15, -0.1) is 0 Å². The standard InChI is InChI=1S/C11H17NO/c13-8-11-4-1-5-12(11)7-10(6-11)9-2-3-9/h13H,1-8H2. The summed E-state index contributed by atoms with van der Waals surface area (Å²) >= 11 is 0. The Kier molecular flexibility index (Phi) is 1.59. The van der Waals surface area contributed by atoms with Crippen LogP contribution >= 0.6 is 0 Å². The summed E-state index contributed by atoms with van der Waals surface area (Å²) < 4.78 is 0. The zero-order valence-corrected chi connectivity index (χ0v) is 8.05. The lowest BCUT2D eigenvalue weighted by Crippen LogP contribution is -2.41. The van der Waals surface area contributed by atoms with E-state index in [9.17, 15) is 5.11 Å². The molecule has 0 bridgehead atoms. The Labute approximate surface area is 79.2 Å². The summed E-state index contributed by atoms with van der Waals surface area (Å²) in [5.41, 5.74) is 3.53. The molecule has 3 aliphatic rings. The lowest BCUT2D eigenvalue weighted by Gasteiger charge is -2.28. The molecule has 2 saturated heterocycles. The molecule has 13 heavy (non-hydrogen) atoms. The van der Waals surface area contributed by atoms with Crippen LogP contribution < -0.4 is 0 Å². The first kappa shape index (κ1) is 8.01. The van der Waals surface area contributed by atoms with Crippen LogP contribution in [0.4, 0.5) is 0 Å². The number of hydrogen-bond donors (Lipinski definition) is 1. The molecule has 3 rings (SSSR count). The quantitative estimate of drug-likeness (QED) is 0.613. The van der Waals surface area contributed by atoms with Crippen molar-refractivity contribution in [3.05, 3.63) is 11.1 Å². The van der Waals surface area contributed by atoms with Gasteiger partial charge < -0.3 is 5.11 Å². The van der Waals surface area contributed by atoms with Crippen LogP contribution in [0.5, 0.6) is 0 Å². The van der Waals surface area contributed by atoms with Gasteiger partial charge in [0.2, 0.25) is 0 Å². The molecule has 1 aliphatic carbocycles. The second-order valence-corrected chi connectivity index (χ2v) is 4.79. The molecule has 0 aromatic heterocycles. The highest BCUT2D eigenvalue weighted by Gasteiger charge is 2.46. The topological polar surface area (TPSA) is 23.5 Å². The van der Waals surface area contributed by atoms with Crippen LogP contribution in [0.1, 0.15) is 32.1 Å². The van der Waals surface area contributed by atoms with Gasteiger partial charge in [-0.2, -0.15) is 0 Å². The van der Waals surface area contributed by atoms with E-state index in [1.54, 1.807) is 11.1 Å². The Morgan fingerprint density at radius 3 is 2.77 bits per heavy atom. The van der Waals surface area contributed by atoms with E-state index in [-0.39, 0.29) is 5.54 Å². The van der Waals surface area contributed by atoms with E-state index in [2.05, 4.69) is 4.90 Å². The SMILES string of the molecule is OCC12CCCN1CC(=C1CC1)C2. The maximum atomic E-state index is 9.48. The molecule has 1 N–H and O–H groups in total. The highest BCUT2D eigenvalue weighted by molar-refractivity contribution is 5.32. The fourth-order valence-corrected chi connectivity index (χ4v) is 3.01. The van der Waals surface area contributed by atoms with Crippen molar-refractivity contribution in [2.24, 2.45) is 0 Å². The van der Waals surface area contributed by atoms with Gasteiger partial charge >= 0.3 is 0 Å². The van der Waals surface area contributed by atoms with E-state index in [0.717, 1.165) is 6.54 Å². The molecule has 2 nitrogen and oxygen atoms in total. The van der Waals surface area contributed by atoms with E-state index < -0.39 is 0 Å². The first-order valence-electron chi connectivity index (χ1n) is 5.40. The number of allylic oxidation sites excluding steroid dienone is 1. The molecule has 72 valence electrons. The molecule has 2 heterocycles. The third kappa shape index (κ3) is 1.09. The van der Waals surface area contributed by atoms with Crippen molar-refractivity contribution < 1.29 is 5.11 Å². The van der Waals surface area contributed by atoms with Crippen LogP contribution in [-0.4, -0.2) is 35.2 Å². The van der Waals surface area contributed by atoms with Gasteiger partial charge in [0, 0.05) is 12.1 Å². The predicted octanol–water partition coefficient (Wildman–Crippen LogP) is 1.31. The summed E-state index contributed by atoms with van der Waals surface area (Å²) in [6.45, 7) is 2.73. The molecule has 2 aliphatic heterocycles. The van der Waals surface area contributed by atoms with Crippen molar-refractivity contribution in [2.45, 2.75) is 37.6 Å². The molecule has 0 radical (unpaired) electrons. The fourth-order valence-electron chi connectivity index (χ4n) is 3.01. The largest absolute Gasteiger partial charge is 0.394 e. The van der Waals surface area contributed by atoms with Crippen LogP contribution in [-0.2, 0) is 0 Å². The third-order valence-corrected chi connectivity index (χ3v) is 3.96. The van der Waals surface area contributed by atoms with Crippen LogP contribution in [0.2, 0.25) is 0 Å². The summed E-state index contributed by atoms with van der Waals surface area (Å²) in [5.74, 6) is 0. The van der Waals surface area contributed by atoms with Crippen molar-refractivity contribution in [2.75, 3.05) is 19.7 Å². The number of nitrogens with zero attached hydrogens (tertiary/aromatic N) is 1. The predicted molar refractivity (Wildman–Crippen MR) is 51.5 cm³/mol. The monoisotopic (exact) mass is 179 g/mol. The van der Waals surface area contributed by atoms with Crippen molar-refractivity contribution in [1.29, 1.82) is 0 Å². The summed E-state index contributed by atoms with van der Waals surface area (Å²) in [6, 6.07) is 0. The number of rotatable bonds is 1. The van der Waals surface area contributed by atoms with Gasteiger partial charge in [0.15, 0.2) is 0 Å². The lowest BCUT2D eigenvalue weighted by atomic mass is 9.93. The average Bonchev–Trinajstić information content (AvgIpc) is 2.79. The normalized spacial score (nSPS) is 38.5. The van der Waals surface area contributed by atoms with Gasteiger partial charge in [0.05, 0.1) is 6.61 Å². The third-order valence-electron chi connectivity index (χ3n) is 3.96. The molecule has 0 aromatic carbocycles. The molecule has 3 fully saturated rings. The van der Waals surface area contributed by atoms with Gasteiger partial charge in [-0.05, 0) is 38.6 Å². The zero-order valence-electron chi connectivity index (χ0n) is 8.05. The Morgan fingerprint density at radius 2 is 2.15 bits per heavy atom. The Morgan fingerprint density at radius 1 is 1.31 bits per heavy atom. The minimum atomic E-state index is 0.172. The zero-order chi connectivity index (χ0) is 8.89. The van der Waals surface area contributed by atoms with Gasteiger partial charge in [0.25, 0.3) is 0 Å². The van der Waals surface area contributed by atoms with Crippen LogP contribution in [0.15, 0.2) is 11.1 Å². The second kappa shape index (κ2) is 2.58. The Bertz CT molecular complexity index is 265. The van der Waals surface area contributed by atoms with Crippen molar-refractivity contribution in [3.63, 3.8) is 0 Å². The highest BCUT2D eigenvalue weighted by Crippen LogP contribution is 2.45.